The lowest BCUT2D eigenvalue weighted by molar-refractivity contribution is 0.0998. The molecule has 0 saturated heterocycles. The number of halogens is 2. The zero-order valence-electron chi connectivity index (χ0n) is 6.77. The maximum atomic E-state index is 10.8. The molecule has 0 spiro atoms. The van der Waals surface area contributed by atoms with E-state index in [1.54, 1.807) is 6.92 Å². The van der Waals surface area contributed by atoms with Gasteiger partial charge in [-0.15, -0.1) is 0 Å². The van der Waals surface area contributed by atoms with Crippen molar-refractivity contribution in [2.75, 3.05) is 0 Å². The number of phenols is 1. The molecule has 0 aliphatic heterocycles. The number of primary amides is 1. The van der Waals surface area contributed by atoms with Crippen LogP contribution in [0.4, 0.5) is 0 Å². The monoisotopic (exact) mass is 219 g/mol. The number of aromatic hydroxyl groups is 1. The van der Waals surface area contributed by atoms with Gasteiger partial charge >= 0.3 is 0 Å². The summed E-state index contributed by atoms with van der Waals surface area (Å²) in [4.78, 5) is 10.8. The van der Waals surface area contributed by atoms with Crippen molar-refractivity contribution in [2.24, 2.45) is 5.73 Å². The van der Waals surface area contributed by atoms with E-state index in [0.717, 1.165) is 0 Å². The van der Waals surface area contributed by atoms with Crippen molar-refractivity contribution in [3.8, 4) is 5.75 Å². The number of nitrogens with two attached hydrogens (primary N) is 1. The molecule has 0 fully saturated rings. The largest absolute Gasteiger partial charge is 0.506 e. The summed E-state index contributed by atoms with van der Waals surface area (Å²) >= 11 is 11.4. The van der Waals surface area contributed by atoms with Crippen molar-refractivity contribution in [2.45, 2.75) is 6.92 Å². The summed E-state index contributed by atoms with van der Waals surface area (Å²) in [5.41, 5.74) is 5.44. The summed E-state index contributed by atoms with van der Waals surface area (Å²) in [6.07, 6.45) is 0. The van der Waals surface area contributed by atoms with Crippen LogP contribution in [0.15, 0.2) is 6.07 Å². The molecule has 3 N–H and O–H groups in total. The molecule has 1 aromatic rings. The highest BCUT2D eigenvalue weighted by atomic mass is 35.5. The van der Waals surface area contributed by atoms with Crippen LogP contribution < -0.4 is 5.73 Å². The molecular weight excluding hydrogens is 213 g/mol. The Balaban J connectivity index is 3.50. The first-order valence-corrected chi connectivity index (χ1v) is 4.18. The van der Waals surface area contributed by atoms with E-state index < -0.39 is 5.91 Å². The second kappa shape index (κ2) is 3.44. The van der Waals surface area contributed by atoms with Crippen LogP contribution in [0.5, 0.6) is 5.75 Å². The van der Waals surface area contributed by atoms with Gasteiger partial charge in [-0.3, -0.25) is 4.79 Å². The second-order valence-electron chi connectivity index (χ2n) is 2.56. The first-order valence-electron chi connectivity index (χ1n) is 3.42. The Kier molecular flexibility index (Phi) is 2.68. The van der Waals surface area contributed by atoms with Gasteiger partial charge in [0.15, 0.2) is 0 Å². The SMILES string of the molecule is Cc1c(Cl)cc(C(N)=O)c(O)c1Cl. The minimum absolute atomic E-state index is 0.0568. The minimum Gasteiger partial charge on any atom is -0.506 e. The third-order valence-electron chi connectivity index (χ3n) is 1.69. The average molecular weight is 220 g/mol. The van der Waals surface area contributed by atoms with E-state index in [1.807, 2.05) is 0 Å². The third kappa shape index (κ3) is 1.71. The summed E-state index contributed by atoms with van der Waals surface area (Å²) in [5.74, 6) is -1.09. The Labute approximate surface area is 85.1 Å². The van der Waals surface area contributed by atoms with Crippen molar-refractivity contribution in [3.05, 3.63) is 27.2 Å². The second-order valence-corrected chi connectivity index (χ2v) is 3.34. The first kappa shape index (κ1) is 10.2. The molecule has 3 nitrogen and oxygen atoms in total. The fourth-order valence-corrected chi connectivity index (χ4v) is 1.35. The van der Waals surface area contributed by atoms with Gasteiger partial charge in [0.2, 0.25) is 0 Å². The number of benzene rings is 1. The van der Waals surface area contributed by atoms with Crippen LogP contribution >= 0.6 is 23.2 Å². The van der Waals surface area contributed by atoms with E-state index in [9.17, 15) is 9.90 Å². The number of carbonyl (C=O) groups excluding carboxylic acids is 1. The van der Waals surface area contributed by atoms with Crippen LogP contribution in [0.3, 0.4) is 0 Å². The van der Waals surface area contributed by atoms with E-state index in [-0.39, 0.29) is 16.3 Å². The molecule has 0 aromatic heterocycles. The quantitative estimate of drug-likeness (QED) is 0.761. The van der Waals surface area contributed by atoms with Crippen LogP contribution in [0.25, 0.3) is 0 Å². The molecule has 0 unspecified atom stereocenters. The number of rotatable bonds is 1. The van der Waals surface area contributed by atoms with Crippen molar-refractivity contribution in [3.63, 3.8) is 0 Å². The van der Waals surface area contributed by atoms with Gasteiger partial charge in [0.25, 0.3) is 5.91 Å². The molecule has 5 heteroatoms. The third-order valence-corrected chi connectivity index (χ3v) is 2.54. The van der Waals surface area contributed by atoms with Gasteiger partial charge in [0.05, 0.1) is 10.6 Å². The average Bonchev–Trinajstić information content (AvgIpc) is 2.07. The summed E-state index contributed by atoms with van der Waals surface area (Å²) < 4.78 is 0. The molecule has 0 bridgehead atoms. The van der Waals surface area contributed by atoms with Gasteiger partial charge in [-0.25, -0.2) is 0 Å². The molecule has 1 rings (SSSR count). The smallest absolute Gasteiger partial charge is 0.252 e. The summed E-state index contributed by atoms with van der Waals surface area (Å²) in [6.45, 7) is 1.63. The molecule has 1 amide bonds. The van der Waals surface area contributed by atoms with E-state index in [2.05, 4.69) is 0 Å². The summed E-state index contributed by atoms with van der Waals surface area (Å²) in [6, 6.07) is 1.29. The number of amides is 1. The highest BCUT2D eigenvalue weighted by Crippen LogP contribution is 2.35. The van der Waals surface area contributed by atoms with Crippen molar-refractivity contribution >= 4 is 29.1 Å². The van der Waals surface area contributed by atoms with Crippen LogP contribution in [0.2, 0.25) is 10.0 Å². The molecule has 0 heterocycles. The lowest BCUT2D eigenvalue weighted by Gasteiger charge is -2.07. The summed E-state index contributed by atoms with van der Waals surface area (Å²) in [5, 5.41) is 9.74. The number of hydrogen-bond donors (Lipinski definition) is 2. The zero-order valence-corrected chi connectivity index (χ0v) is 8.28. The summed E-state index contributed by atoms with van der Waals surface area (Å²) in [7, 11) is 0. The number of hydrogen-bond acceptors (Lipinski definition) is 2. The van der Waals surface area contributed by atoms with Crippen LogP contribution in [0, 0.1) is 6.92 Å². The normalized spacial score (nSPS) is 10.1. The van der Waals surface area contributed by atoms with Gasteiger partial charge in [-0.05, 0) is 18.6 Å². The van der Waals surface area contributed by atoms with Crippen LogP contribution in [-0.4, -0.2) is 11.0 Å². The Morgan fingerprint density at radius 3 is 2.54 bits per heavy atom. The standard InChI is InChI=1S/C8H7Cl2NO2/c1-3-5(9)2-4(8(11)13)7(12)6(3)10/h2,12H,1H3,(H2,11,13). The molecule has 13 heavy (non-hydrogen) atoms. The Hall–Kier alpha value is -0.930. The predicted molar refractivity (Wildman–Crippen MR) is 51.4 cm³/mol. The molecule has 0 radical (unpaired) electrons. The molecule has 0 aliphatic rings. The van der Waals surface area contributed by atoms with E-state index in [0.29, 0.717) is 10.6 Å². The Bertz CT molecular complexity index is 377. The van der Waals surface area contributed by atoms with Crippen LogP contribution in [0.1, 0.15) is 15.9 Å². The highest BCUT2D eigenvalue weighted by molar-refractivity contribution is 6.37. The van der Waals surface area contributed by atoms with Gasteiger partial charge in [0.1, 0.15) is 5.75 Å². The zero-order chi connectivity index (χ0) is 10.2. The van der Waals surface area contributed by atoms with Gasteiger partial charge < -0.3 is 10.8 Å². The Morgan fingerprint density at radius 2 is 2.08 bits per heavy atom. The fourth-order valence-electron chi connectivity index (χ4n) is 0.892. The fraction of sp³-hybridized carbons (Fsp3) is 0.125. The first-order chi connectivity index (χ1) is 5.95. The highest BCUT2D eigenvalue weighted by Gasteiger charge is 2.15. The molecule has 1 aromatic carbocycles. The lowest BCUT2D eigenvalue weighted by Crippen LogP contribution is -2.11. The van der Waals surface area contributed by atoms with Crippen molar-refractivity contribution in [1.82, 2.24) is 0 Å². The lowest BCUT2D eigenvalue weighted by atomic mass is 10.1. The van der Waals surface area contributed by atoms with E-state index >= 15 is 0 Å². The molecule has 0 saturated carbocycles. The van der Waals surface area contributed by atoms with Crippen LogP contribution in [-0.2, 0) is 0 Å². The maximum Gasteiger partial charge on any atom is 0.252 e. The molecular formula is C8H7Cl2NO2. The predicted octanol–water partition coefficient (Wildman–Crippen LogP) is 2.11. The van der Waals surface area contributed by atoms with E-state index in [4.69, 9.17) is 28.9 Å². The topological polar surface area (TPSA) is 63.3 Å². The van der Waals surface area contributed by atoms with E-state index in [1.165, 1.54) is 6.07 Å². The molecule has 70 valence electrons. The van der Waals surface area contributed by atoms with Gasteiger partial charge in [-0.2, -0.15) is 0 Å². The Morgan fingerprint density at radius 1 is 1.54 bits per heavy atom. The number of carbonyl (C=O) groups is 1. The van der Waals surface area contributed by atoms with Gasteiger partial charge in [-0.1, -0.05) is 23.2 Å². The maximum absolute atomic E-state index is 10.8. The van der Waals surface area contributed by atoms with Gasteiger partial charge in [0, 0.05) is 5.02 Å². The minimum atomic E-state index is -0.763. The van der Waals surface area contributed by atoms with Crippen molar-refractivity contribution in [1.29, 1.82) is 0 Å². The molecule has 0 aliphatic carbocycles. The van der Waals surface area contributed by atoms with Crippen molar-refractivity contribution < 1.29 is 9.90 Å². The molecule has 0 atom stereocenters.